The molecule has 94 valence electrons. The van der Waals surface area contributed by atoms with Crippen molar-refractivity contribution in [2.45, 2.75) is 13.1 Å². The van der Waals surface area contributed by atoms with Crippen LogP contribution in [0.2, 0.25) is 0 Å². The summed E-state index contributed by atoms with van der Waals surface area (Å²) in [7, 11) is 1.84. The molecular formula is C13H15FN4. The van der Waals surface area contributed by atoms with E-state index in [0.717, 1.165) is 5.56 Å². The van der Waals surface area contributed by atoms with E-state index in [4.69, 9.17) is 5.73 Å². The minimum atomic E-state index is -0.220. The van der Waals surface area contributed by atoms with Gasteiger partial charge in [0.25, 0.3) is 0 Å². The smallest absolute Gasteiger partial charge is 0.155 e. The SMILES string of the molecule is CN(Cc1ccccc1F)c1nnccc1CN. The molecule has 0 saturated heterocycles. The number of nitrogens with two attached hydrogens (primary N) is 1. The molecule has 0 atom stereocenters. The van der Waals surface area contributed by atoms with Crippen LogP contribution in [0.5, 0.6) is 0 Å². The molecule has 0 aliphatic rings. The van der Waals surface area contributed by atoms with Crippen molar-refractivity contribution in [2.75, 3.05) is 11.9 Å². The van der Waals surface area contributed by atoms with Crippen LogP contribution in [0.3, 0.4) is 0 Å². The van der Waals surface area contributed by atoms with Crippen LogP contribution in [0.25, 0.3) is 0 Å². The molecule has 0 aliphatic carbocycles. The molecular weight excluding hydrogens is 231 g/mol. The second-order valence-electron chi connectivity index (χ2n) is 4.03. The molecule has 1 aromatic heterocycles. The second kappa shape index (κ2) is 5.55. The van der Waals surface area contributed by atoms with E-state index in [0.29, 0.717) is 24.5 Å². The van der Waals surface area contributed by atoms with Gasteiger partial charge in [0.15, 0.2) is 5.82 Å². The fourth-order valence-electron chi connectivity index (χ4n) is 1.79. The molecule has 0 fully saturated rings. The van der Waals surface area contributed by atoms with Gasteiger partial charge in [-0.05, 0) is 12.1 Å². The standard InChI is InChI=1S/C13H15FN4/c1-18(9-11-4-2-3-5-12(11)14)13-10(8-15)6-7-16-17-13/h2-7H,8-9,15H2,1H3. The number of benzene rings is 1. The van der Waals surface area contributed by atoms with E-state index >= 15 is 0 Å². The minimum absolute atomic E-state index is 0.220. The van der Waals surface area contributed by atoms with Gasteiger partial charge >= 0.3 is 0 Å². The van der Waals surface area contributed by atoms with Gasteiger partial charge in [-0.3, -0.25) is 0 Å². The Morgan fingerprint density at radius 2 is 2.00 bits per heavy atom. The predicted molar refractivity (Wildman–Crippen MR) is 68.4 cm³/mol. The first-order valence-corrected chi connectivity index (χ1v) is 5.67. The van der Waals surface area contributed by atoms with Crippen LogP contribution >= 0.6 is 0 Å². The number of hydrogen-bond donors (Lipinski definition) is 1. The van der Waals surface area contributed by atoms with Gasteiger partial charge < -0.3 is 10.6 Å². The van der Waals surface area contributed by atoms with E-state index in [9.17, 15) is 4.39 Å². The number of aromatic nitrogens is 2. The molecule has 1 aromatic carbocycles. The molecule has 0 radical (unpaired) electrons. The van der Waals surface area contributed by atoms with Crippen LogP contribution < -0.4 is 10.6 Å². The lowest BCUT2D eigenvalue weighted by atomic mass is 10.2. The highest BCUT2D eigenvalue weighted by Crippen LogP contribution is 2.17. The summed E-state index contributed by atoms with van der Waals surface area (Å²) in [6.07, 6.45) is 1.60. The molecule has 2 rings (SSSR count). The van der Waals surface area contributed by atoms with Crippen molar-refractivity contribution in [1.82, 2.24) is 10.2 Å². The molecule has 18 heavy (non-hydrogen) atoms. The second-order valence-corrected chi connectivity index (χ2v) is 4.03. The lowest BCUT2D eigenvalue weighted by Crippen LogP contribution is -2.21. The zero-order chi connectivity index (χ0) is 13.0. The molecule has 5 heteroatoms. The Kier molecular flexibility index (Phi) is 3.84. The fraction of sp³-hybridized carbons (Fsp3) is 0.231. The van der Waals surface area contributed by atoms with Crippen LogP contribution in [0, 0.1) is 5.82 Å². The molecule has 0 unspecified atom stereocenters. The zero-order valence-electron chi connectivity index (χ0n) is 10.2. The summed E-state index contributed by atoms with van der Waals surface area (Å²) < 4.78 is 13.6. The van der Waals surface area contributed by atoms with Gasteiger partial charge in [0.2, 0.25) is 0 Å². The number of hydrogen-bond acceptors (Lipinski definition) is 4. The fourth-order valence-corrected chi connectivity index (χ4v) is 1.79. The minimum Gasteiger partial charge on any atom is -0.353 e. The number of halogens is 1. The predicted octanol–water partition coefficient (Wildman–Crippen LogP) is 1.71. The van der Waals surface area contributed by atoms with Crippen LogP contribution in [-0.2, 0) is 13.1 Å². The average Bonchev–Trinajstić information content (AvgIpc) is 2.41. The summed E-state index contributed by atoms with van der Waals surface area (Å²) >= 11 is 0. The average molecular weight is 246 g/mol. The summed E-state index contributed by atoms with van der Waals surface area (Å²) in [5.74, 6) is 0.464. The van der Waals surface area contributed by atoms with E-state index in [1.54, 1.807) is 18.3 Å². The number of nitrogens with zero attached hydrogens (tertiary/aromatic N) is 3. The van der Waals surface area contributed by atoms with E-state index in [-0.39, 0.29) is 5.82 Å². The normalized spacial score (nSPS) is 10.4. The lowest BCUT2D eigenvalue weighted by Gasteiger charge is -2.20. The van der Waals surface area contributed by atoms with Crippen molar-refractivity contribution in [2.24, 2.45) is 5.73 Å². The first-order valence-electron chi connectivity index (χ1n) is 5.67. The molecule has 0 spiro atoms. The van der Waals surface area contributed by atoms with E-state index < -0.39 is 0 Å². The third-order valence-corrected chi connectivity index (χ3v) is 2.73. The summed E-state index contributed by atoms with van der Waals surface area (Å²) in [5.41, 5.74) is 7.15. The Bertz CT molecular complexity index is 530. The zero-order valence-corrected chi connectivity index (χ0v) is 10.2. The Balaban J connectivity index is 2.22. The molecule has 0 amide bonds. The Morgan fingerprint density at radius 1 is 1.22 bits per heavy atom. The maximum Gasteiger partial charge on any atom is 0.155 e. The van der Waals surface area contributed by atoms with Crippen LogP contribution in [0.1, 0.15) is 11.1 Å². The lowest BCUT2D eigenvalue weighted by molar-refractivity contribution is 0.607. The summed E-state index contributed by atoms with van der Waals surface area (Å²) in [5, 5.41) is 7.89. The van der Waals surface area contributed by atoms with Crippen LogP contribution in [0.4, 0.5) is 10.2 Å². The van der Waals surface area contributed by atoms with E-state index in [1.807, 2.05) is 24.1 Å². The van der Waals surface area contributed by atoms with Crippen LogP contribution in [0.15, 0.2) is 36.5 Å². The van der Waals surface area contributed by atoms with Gasteiger partial charge in [-0.1, -0.05) is 18.2 Å². The van der Waals surface area contributed by atoms with Crippen molar-refractivity contribution in [1.29, 1.82) is 0 Å². The van der Waals surface area contributed by atoms with Crippen molar-refractivity contribution >= 4 is 5.82 Å². The van der Waals surface area contributed by atoms with Crippen LogP contribution in [-0.4, -0.2) is 17.2 Å². The largest absolute Gasteiger partial charge is 0.353 e. The number of rotatable bonds is 4. The van der Waals surface area contributed by atoms with E-state index in [2.05, 4.69) is 10.2 Å². The molecule has 0 saturated carbocycles. The van der Waals surface area contributed by atoms with E-state index in [1.165, 1.54) is 6.07 Å². The van der Waals surface area contributed by atoms with Crippen molar-refractivity contribution in [3.63, 3.8) is 0 Å². The quantitative estimate of drug-likeness (QED) is 0.892. The topological polar surface area (TPSA) is 55.0 Å². The van der Waals surface area contributed by atoms with Gasteiger partial charge in [-0.15, -0.1) is 5.10 Å². The third-order valence-electron chi connectivity index (χ3n) is 2.73. The molecule has 2 aromatic rings. The van der Waals surface area contributed by atoms with Crippen molar-refractivity contribution < 1.29 is 4.39 Å². The molecule has 4 nitrogen and oxygen atoms in total. The molecule has 0 bridgehead atoms. The highest BCUT2D eigenvalue weighted by Gasteiger charge is 2.10. The molecule has 1 heterocycles. The summed E-state index contributed by atoms with van der Waals surface area (Å²) in [6.45, 7) is 0.810. The molecule has 2 N–H and O–H groups in total. The highest BCUT2D eigenvalue weighted by molar-refractivity contribution is 5.45. The van der Waals surface area contributed by atoms with Crippen molar-refractivity contribution in [3.05, 3.63) is 53.5 Å². The van der Waals surface area contributed by atoms with Gasteiger partial charge in [0.1, 0.15) is 5.82 Å². The Labute approximate surface area is 105 Å². The highest BCUT2D eigenvalue weighted by atomic mass is 19.1. The number of anilines is 1. The Hall–Kier alpha value is -2.01. The van der Waals surface area contributed by atoms with Gasteiger partial charge in [0.05, 0.1) is 6.20 Å². The third kappa shape index (κ3) is 2.62. The summed E-state index contributed by atoms with van der Waals surface area (Å²) in [6, 6.07) is 8.51. The Morgan fingerprint density at radius 3 is 2.72 bits per heavy atom. The monoisotopic (exact) mass is 246 g/mol. The van der Waals surface area contributed by atoms with Gasteiger partial charge in [-0.2, -0.15) is 5.10 Å². The molecule has 0 aliphatic heterocycles. The van der Waals surface area contributed by atoms with Crippen molar-refractivity contribution in [3.8, 4) is 0 Å². The first kappa shape index (κ1) is 12.4. The maximum absolute atomic E-state index is 13.6. The van der Waals surface area contributed by atoms with Gasteiger partial charge in [-0.25, -0.2) is 4.39 Å². The summed E-state index contributed by atoms with van der Waals surface area (Å²) in [4.78, 5) is 1.84. The van der Waals surface area contributed by atoms with Gasteiger partial charge in [0, 0.05) is 31.3 Å². The first-order chi connectivity index (χ1) is 8.72. The maximum atomic E-state index is 13.6.